The van der Waals surface area contributed by atoms with Crippen LogP contribution >= 0.6 is 0 Å². The Morgan fingerprint density at radius 1 is 0.929 bits per heavy atom. The van der Waals surface area contributed by atoms with Crippen molar-refractivity contribution >= 4 is 15.7 Å². The van der Waals surface area contributed by atoms with E-state index in [2.05, 4.69) is 5.32 Å². The Balaban J connectivity index is 1.75. The number of sulfone groups is 1. The van der Waals surface area contributed by atoms with Gasteiger partial charge in [0.1, 0.15) is 11.5 Å². The topological polar surface area (TPSA) is 72.5 Å². The summed E-state index contributed by atoms with van der Waals surface area (Å²) in [6.45, 7) is 2.22. The number of amides is 1. The van der Waals surface area contributed by atoms with Crippen LogP contribution in [0.15, 0.2) is 77.7 Å². The minimum Gasteiger partial charge on any atom is -0.457 e. The van der Waals surface area contributed by atoms with Gasteiger partial charge in [-0.3, -0.25) is 4.79 Å². The number of ether oxygens (including phenoxy) is 1. The molecule has 1 amide bonds. The molecule has 0 spiro atoms. The third-order valence-electron chi connectivity index (χ3n) is 4.25. The first kappa shape index (κ1) is 19.6. The summed E-state index contributed by atoms with van der Waals surface area (Å²) in [6.07, 6.45) is 1.11. The molecule has 6 heteroatoms. The average Bonchev–Trinajstić information content (AvgIpc) is 2.68. The van der Waals surface area contributed by atoms with Gasteiger partial charge in [-0.1, -0.05) is 42.5 Å². The molecule has 0 saturated carbocycles. The summed E-state index contributed by atoms with van der Waals surface area (Å²) in [7, 11) is -3.37. The lowest BCUT2D eigenvalue weighted by Gasteiger charge is -2.13. The molecule has 3 rings (SSSR count). The molecule has 3 aromatic carbocycles. The number of aryl methyl sites for hydroxylation is 1. The van der Waals surface area contributed by atoms with E-state index in [0.29, 0.717) is 11.3 Å². The van der Waals surface area contributed by atoms with Crippen LogP contribution < -0.4 is 10.1 Å². The third kappa shape index (κ3) is 4.78. The molecule has 0 fully saturated rings. The highest BCUT2D eigenvalue weighted by atomic mass is 32.2. The number of hydrogen-bond donors (Lipinski definition) is 1. The van der Waals surface area contributed by atoms with Crippen molar-refractivity contribution in [2.45, 2.75) is 18.4 Å². The van der Waals surface area contributed by atoms with Crippen molar-refractivity contribution in [3.05, 3.63) is 89.5 Å². The zero-order chi connectivity index (χ0) is 20.1. The maximum atomic E-state index is 12.5. The van der Waals surface area contributed by atoms with Crippen LogP contribution in [0.4, 0.5) is 0 Å². The van der Waals surface area contributed by atoms with Crippen molar-refractivity contribution in [3.8, 4) is 11.5 Å². The lowest BCUT2D eigenvalue weighted by molar-refractivity contribution is 0.0950. The van der Waals surface area contributed by atoms with Crippen LogP contribution in [0.5, 0.6) is 11.5 Å². The molecule has 144 valence electrons. The first-order chi connectivity index (χ1) is 13.3. The standard InChI is InChI=1S/C22H21NO4S/c1-16-8-3-5-12-20(16)27-21-13-6-4-9-18(21)15-23-22(24)17-10-7-11-19(14-17)28(2,25)26/h3-14H,15H2,1-2H3,(H,23,24). The Hall–Kier alpha value is -3.12. The van der Waals surface area contributed by atoms with Crippen molar-refractivity contribution in [3.63, 3.8) is 0 Å². The van der Waals surface area contributed by atoms with Crippen LogP contribution in [-0.2, 0) is 16.4 Å². The summed E-state index contributed by atoms with van der Waals surface area (Å²) < 4.78 is 29.4. The molecule has 0 bridgehead atoms. The molecule has 5 nitrogen and oxygen atoms in total. The second-order valence-corrected chi connectivity index (χ2v) is 8.47. The summed E-state index contributed by atoms with van der Waals surface area (Å²) in [6, 6.07) is 21.2. The molecule has 1 N–H and O–H groups in total. The molecule has 28 heavy (non-hydrogen) atoms. The number of para-hydroxylation sites is 2. The minimum absolute atomic E-state index is 0.114. The molecular weight excluding hydrogens is 374 g/mol. The average molecular weight is 395 g/mol. The fourth-order valence-electron chi connectivity index (χ4n) is 2.68. The molecule has 0 atom stereocenters. The Labute approximate surface area is 164 Å². The van der Waals surface area contributed by atoms with Crippen LogP contribution in [0, 0.1) is 6.92 Å². The highest BCUT2D eigenvalue weighted by molar-refractivity contribution is 7.90. The molecule has 0 aliphatic heterocycles. The third-order valence-corrected chi connectivity index (χ3v) is 5.36. The highest BCUT2D eigenvalue weighted by Crippen LogP contribution is 2.27. The molecule has 0 aromatic heterocycles. The van der Waals surface area contributed by atoms with E-state index in [1.54, 1.807) is 12.1 Å². The van der Waals surface area contributed by atoms with E-state index in [9.17, 15) is 13.2 Å². The Kier molecular flexibility index (Phi) is 5.80. The fourth-order valence-corrected chi connectivity index (χ4v) is 3.35. The van der Waals surface area contributed by atoms with Crippen LogP contribution in [0.3, 0.4) is 0 Å². The van der Waals surface area contributed by atoms with Gasteiger partial charge >= 0.3 is 0 Å². The number of carbonyl (C=O) groups is 1. The van der Waals surface area contributed by atoms with Gasteiger partial charge in [0.2, 0.25) is 0 Å². The van der Waals surface area contributed by atoms with Crippen molar-refractivity contribution in [1.82, 2.24) is 5.32 Å². The molecular formula is C22H21NO4S. The van der Waals surface area contributed by atoms with Gasteiger partial charge in [0, 0.05) is 23.9 Å². The van der Waals surface area contributed by atoms with E-state index < -0.39 is 9.84 Å². The van der Waals surface area contributed by atoms with E-state index in [-0.39, 0.29) is 17.3 Å². The van der Waals surface area contributed by atoms with Gasteiger partial charge in [0.15, 0.2) is 9.84 Å². The number of hydrogen-bond acceptors (Lipinski definition) is 4. The number of carbonyl (C=O) groups excluding carboxylic acids is 1. The van der Waals surface area contributed by atoms with E-state index in [1.165, 1.54) is 12.1 Å². The van der Waals surface area contributed by atoms with E-state index >= 15 is 0 Å². The zero-order valence-electron chi connectivity index (χ0n) is 15.7. The Morgan fingerprint density at radius 3 is 2.32 bits per heavy atom. The summed E-state index contributed by atoms with van der Waals surface area (Å²) in [5.41, 5.74) is 2.12. The van der Waals surface area contributed by atoms with Crippen LogP contribution in [0.25, 0.3) is 0 Å². The minimum atomic E-state index is -3.37. The monoisotopic (exact) mass is 395 g/mol. The Morgan fingerprint density at radius 2 is 1.61 bits per heavy atom. The predicted octanol–water partition coefficient (Wildman–Crippen LogP) is 4.12. The van der Waals surface area contributed by atoms with Crippen molar-refractivity contribution in [1.29, 1.82) is 0 Å². The maximum Gasteiger partial charge on any atom is 0.251 e. The van der Waals surface area contributed by atoms with E-state index in [4.69, 9.17) is 4.74 Å². The van der Waals surface area contributed by atoms with Crippen LogP contribution in [0.1, 0.15) is 21.5 Å². The molecule has 0 aliphatic rings. The number of benzene rings is 3. The first-order valence-corrected chi connectivity index (χ1v) is 10.6. The van der Waals surface area contributed by atoms with Gasteiger partial charge < -0.3 is 10.1 Å². The maximum absolute atomic E-state index is 12.5. The van der Waals surface area contributed by atoms with Gasteiger partial charge in [0.05, 0.1) is 4.90 Å². The van der Waals surface area contributed by atoms with Gasteiger partial charge in [-0.15, -0.1) is 0 Å². The quantitative estimate of drug-likeness (QED) is 0.681. The first-order valence-electron chi connectivity index (χ1n) is 8.74. The van der Waals surface area contributed by atoms with Gasteiger partial charge in [-0.2, -0.15) is 0 Å². The molecule has 3 aromatic rings. The second kappa shape index (κ2) is 8.27. The highest BCUT2D eigenvalue weighted by Gasteiger charge is 2.13. The van der Waals surface area contributed by atoms with Gasteiger partial charge in [-0.25, -0.2) is 8.42 Å². The second-order valence-electron chi connectivity index (χ2n) is 6.46. The van der Waals surface area contributed by atoms with Crippen molar-refractivity contribution < 1.29 is 17.9 Å². The van der Waals surface area contributed by atoms with Gasteiger partial charge in [-0.05, 0) is 42.8 Å². The van der Waals surface area contributed by atoms with Crippen molar-refractivity contribution in [2.24, 2.45) is 0 Å². The molecule has 0 radical (unpaired) electrons. The largest absolute Gasteiger partial charge is 0.457 e. The summed E-state index contributed by atoms with van der Waals surface area (Å²) in [5, 5.41) is 2.82. The van der Waals surface area contributed by atoms with E-state index in [1.807, 2.05) is 55.5 Å². The predicted molar refractivity (Wildman–Crippen MR) is 108 cm³/mol. The summed E-state index contributed by atoms with van der Waals surface area (Å²) in [4.78, 5) is 12.6. The number of nitrogens with one attached hydrogen (secondary N) is 1. The smallest absolute Gasteiger partial charge is 0.251 e. The normalized spacial score (nSPS) is 11.1. The van der Waals surface area contributed by atoms with Crippen molar-refractivity contribution in [2.75, 3.05) is 6.26 Å². The Bertz CT molecular complexity index is 1110. The van der Waals surface area contributed by atoms with Crippen LogP contribution in [-0.4, -0.2) is 20.6 Å². The lowest BCUT2D eigenvalue weighted by atomic mass is 10.1. The number of rotatable bonds is 6. The van der Waals surface area contributed by atoms with Gasteiger partial charge in [0.25, 0.3) is 5.91 Å². The summed E-state index contributed by atoms with van der Waals surface area (Å²) in [5.74, 6) is 1.06. The molecule has 0 aliphatic carbocycles. The molecule has 0 unspecified atom stereocenters. The fraction of sp³-hybridized carbons (Fsp3) is 0.136. The summed E-state index contributed by atoms with van der Waals surface area (Å²) >= 11 is 0. The zero-order valence-corrected chi connectivity index (χ0v) is 16.5. The SMILES string of the molecule is Cc1ccccc1Oc1ccccc1CNC(=O)c1cccc(S(C)(=O)=O)c1. The lowest BCUT2D eigenvalue weighted by Crippen LogP contribution is -2.23. The van der Waals surface area contributed by atoms with Crippen LogP contribution in [0.2, 0.25) is 0 Å². The molecule has 0 saturated heterocycles. The molecule has 0 heterocycles. The van der Waals surface area contributed by atoms with E-state index in [0.717, 1.165) is 23.1 Å².